The Morgan fingerprint density at radius 2 is 1.91 bits per heavy atom. The van der Waals surface area contributed by atoms with E-state index in [0.717, 1.165) is 17.4 Å². The molecular weight excluding hydrogens is 278 g/mol. The van der Waals surface area contributed by atoms with Gasteiger partial charge in [0.15, 0.2) is 0 Å². The number of pyridine rings is 1. The van der Waals surface area contributed by atoms with Crippen LogP contribution in [-0.4, -0.2) is 27.4 Å². The number of rotatable bonds is 4. The molecule has 0 saturated carbocycles. The molecule has 2 aromatic heterocycles. The first-order valence-electron chi connectivity index (χ1n) is 7.01. The second kappa shape index (κ2) is 6.17. The van der Waals surface area contributed by atoms with Gasteiger partial charge in [0, 0.05) is 18.1 Å². The van der Waals surface area contributed by atoms with Crippen molar-refractivity contribution in [2.24, 2.45) is 0 Å². The van der Waals surface area contributed by atoms with Crippen molar-refractivity contribution in [3.05, 3.63) is 54.4 Å². The van der Waals surface area contributed by atoms with Gasteiger partial charge in [0.1, 0.15) is 11.5 Å². The highest BCUT2D eigenvalue weighted by Gasteiger charge is 2.11. The molecule has 1 amide bonds. The van der Waals surface area contributed by atoms with Crippen molar-refractivity contribution in [3.63, 3.8) is 0 Å². The van der Waals surface area contributed by atoms with Crippen LogP contribution in [0.4, 0.5) is 11.8 Å². The summed E-state index contributed by atoms with van der Waals surface area (Å²) in [5.41, 5.74) is 1.09. The van der Waals surface area contributed by atoms with E-state index >= 15 is 0 Å². The second-order valence-corrected chi connectivity index (χ2v) is 4.61. The molecule has 0 aliphatic rings. The van der Waals surface area contributed by atoms with Gasteiger partial charge in [-0.1, -0.05) is 18.2 Å². The summed E-state index contributed by atoms with van der Waals surface area (Å²) in [7, 11) is 0. The van der Waals surface area contributed by atoms with Gasteiger partial charge in [-0.25, -0.2) is 4.98 Å². The summed E-state index contributed by atoms with van der Waals surface area (Å²) in [6.45, 7) is 2.72. The van der Waals surface area contributed by atoms with Crippen molar-refractivity contribution in [1.29, 1.82) is 0 Å². The topological polar surface area (TPSA) is 79.8 Å². The molecule has 1 aromatic carbocycles. The summed E-state index contributed by atoms with van der Waals surface area (Å²) >= 11 is 0. The summed E-state index contributed by atoms with van der Waals surface area (Å²) in [5, 5.41) is 6.79. The van der Waals surface area contributed by atoms with Crippen molar-refractivity contribution < 1.29 is 4.79 Å². The zero-order valence-electron chi connectivity index (χ0n) is 12.1. The van der Waals surface area contributed by atoms with Crippen LogP contribution in [0.2, 0.25) is 0 Å². The average molecular weight is 293 g/mol. The molecule has 0 atom stereocenters. The zero-order valence-corrected chi connectivity index (χ0v) is 12.1. The highest BCUT2D eigenvalue weighted by molar-refractivity contribution is 6.02. The number of nitrogens with zero attached hydrogens (tertiary/aromatic N) is 3. The first-order valence-corrected chi connectivity index (χ1v) is 7.01. The van der Waals surface area contributed by atoms with Gasteiger partial charge in [0.2, 0.25) is 5.95 Å². The van der Waals surface area contributed by atoms with Gasteiger partial charge < -0.3 is 5.32 Å². The minimum atomic E-state index is -0.335. The number of amides is 1. The number of para-hydroxylation sites is 1. The van der Waals surface area contributed by atoms with E-state index in [0.29, 0.717) is 11.5 Å². The SMILES string of the molecule is CCNc1nc(NC(=O)c2ccccn2)nc2ccccc12. The van der Waals surface area contributed by atoms with Gasteiger partial charge in [-0.15, -0.1) is 0 Å². The molecule has 0 saturated heterocycles. The molecule has 22 heavy (non-hydrogen) atoms. The van der Waals surface area contributed by atoms with Gasteiger partial charge in [0.05, 0.1) is 5.52 Å². The molecule has 3 aromatic rings. The minimum absolute atomic E-state index is 0.255. The third kappa shape index (κ3) is 2.85. The minimum Gasteiger partial charge on any atom is -0.370 e. The number of carbonyl (C=O) groups excluding carboxylic acids is 1. The molecule has 0 unspecified atom stereocenters. The van der Waals surface area contributed by atoms with Gasteiger partial charge in [0.25, 0.3) is 5.91 Å². The van der Waals surface area contributed by atoms with Crippen molar-refractivity contribution in [2.75, 3.05) is 17.2 Å². The predicted molar refractivity (Wildman–Crippen MR) is 85.9 cm³/mol. The lowest BCUT2D eigenvalue weighted by Gasteiger charge is -2.09. The van der Waals surface area contributed by atoms with E-state index in [-0.39, 0.29) is 11.9 Å². The van der Waals surface area contributed by atoms with E-state index in [1.54, 1.807) is 24.4 Å². The van der Waals surface area contributed by atoms with Crippen LogP contribution >= 0.6 is 0 Å². The monoisotopic (exact) mass is 293 g/mol. The second-order valence-electron chi connectivity index (χ2n) is 4.61. The molecule has 3 rings (SSSR count). The molecule has 0 aliphatic heterocycles. The van der Waals surface area contributed by atoms with E-state index in [4.69, 9.17) is 0 Å². The largest absolute Gasteiger partial charge is 0.370 e. The number of anilines is 2. The fourth-order valence-electron chi connectivity index (χ4n) is 2.10. The first kappa shape index (κ1) is 13.9. The molecule has 2 N–H and O–H groups in total. The van der Waals surface area contributed by atoms with Crippen molar-refractivity contribution >= 4 is 28.6 Å². The quantitative estimate of drug-likeness (QED) is 0.773. The van der Waals surface area contributed by atoms with Gasteiger partial charge in [-0.05, 0) is 31.2 Å². The van der Waals surface area contributed by atoms with Gasteiger partial charge in [-0.3, -0.25) is 15.1 Å². The Hall–Kier alpha value is -3.02. The third-order valence-corrected chi connectivity index (χ3v) is 3.07. The molecule has 6 heteroatoms. The van der Waals surface area contributed by atoms with E-state index in [1.807, 2.05) is 31.2 Å². The molecule has 110 valence electrons. The lowest BCUT2D eigenvalue weighted by Crippen LogP contribution is -2.16. The van der Waals surface area contributed by atoms with Crippen molar-refractivity contribution in [3.8, 4) is 0 Å². The van der Waals surface area contributed by atoms with Crippen LogP contribution in [0.5, 0.6) is 0 Å². The standard InChI is InChI=1S/C16H15N5O/c1-2-17-14-11-7-3-4-8-12(11)19-16(20-14)21-15(22)13-9-5-6-10-18-13/h3-10H,2H2,1H3,(H2,17,19,20,21,22). The van der Waals surface area contributed by atoms with Gasteiger partial charge in [-0.2, -0.15) is 4.98 Å². The molecule has 0 spiro atoms. The Balaban J connectivity index is 1.95. The van der Waals surface area contributed by atoms with E-state index in [1.165, 1.54) is 0 Å². The molecule has 0 bridgehead atoms. The van der Waals surface area contributed by atoms with Gasteiger partial charge >= 0.3 is 0 Å². The highest BCUT2D eigenvalue weighted by atomic mass is 16.2. The Morgan fingerprint density at radius 3 is 2.68 bits per heavy atom. The normalized spacial score (nSPS) is 10.4. The predicted octanol–water partition coefficient (Wildman–Crippen LogP) is 2.71. The van der Waals surface area contributed by atoms with Crippen LogP contribution < -0.4 is 10.6 Å². The summed E-state index contributed by atoms with van der Waals surface area (Å²) in [6.07, 6.45) is 1.57. The van der Waals surface area contributed by atoms with Crippen LogP contribution in [0, 0.1) is 0 Å². The maximum atomic E-state index is 12.1. The molecule has 0 radical (unpaired) electrons. The van der Waals surface area contributed by atoms with Crippen molar-refractivity contribution in [2.45, 2.75) is 6.92 Å². The summed E-state index contributed by atoms with van der Waals surface area (Å²) in [5.74, 6) is 0.619. The fourth-order valence-corrected chi connectivity index (χ4v) is 2.10. The maximum absolute atomic E-state index is 12.1. The number of nitrogens with one attached hydrogen (secondary N) is 2. The lowest BCUT2D eigenvalue weighted by molar-refractivity contribution is 0.102. The lowest BCUT2D eigenvalue weighted by atomic mass is 10.2. The van der Waals surface area contributed by atoms with Crippen LogP contribution in [0.3, 0.4) is 0 Å². The number of fused-ring (bicyclic) bond motifs is 1. The smallest absolute Gasteiger partial charge is 0.276 e. The summed E-state index contributed by atoms with van der Waals surface area (Å²) in [6, 6.07) is 12.8. The zero-order chi connectivity index (χ0) is 15.4. The highest BCUT2D eigenvalue weighted by Crippen LogP contribution is 2.21. The van der Waals surface area contributed by atoms with E-state index in [2.05, 4.69) is 25.6 Å². The Morgan fingerprint density at radius 1 is 1.09 bits per heavy atom. The van der Waals surface area contributed by atoms with E-state index in [9.17, 15) is 4.79 Å². The number of carbonyl (C=O) groups is 1. The fraction of sp³-hybridized carbons (Fsp3) is 0.125. The molecule has 0 aliphatic carbocycles. The maximum Gasteiger partial charge on any atom is 0.276 e. The average Bonchev–Trinajstić information content (AvgIpc) is 2.56. The Kier molecular flexibility index (Phi) is 3.91. The molecule has 6 nitrogen and oxygen atoms in total. The summed E-state index contributed by atoms with van der Waals surface area (Å²) < 4.78 is 0. The molecular formula is C16H15N5O. The third-order valence-electron chi connectivity index (χ3n) is 3.07. The van der Waals surface area contributed by atoms with Crippen molar-refractivity contribution in [1.82, 2.24) is 15.0 Å². The Labute approximate surface area is 127 Å². The number of aromatic nitrogens is 3. The number of hydrogen-bond donors (Lipinski definition) is 2. The molecule has 0 fully saturated rings. The van der Waals surface area contributed by atoms with Crippen LogP contribution in [0.15, 0.2) is 48.7 Å². The number of hydrogen-bond acceptors (Lipinski definition) is 5. The first-order chi connectivity index (χ1) is 10.8. The number of benzene rings is 1. The van der Waals surface area contributed by atoms with E-state index < -0.39 is 0 Å². The molecule has 2 heterocycles. The van der Waals surface area contributed by atoms with Crippen LogP contribution in [0.25, 0.3) is 10.9 Å². The Bertz CT molecular complexity index is 804. The van der Waals surface area contributed by atoms with Crippen LogP contribution in [0.1, 0.15) is 17.4 Å². The van der Waals surface area contributed by atoms with Crippen LogP contribution in [-0.2, 0) is 0 Å². The summed E-state index contributed by atoms with van der Waals surface area (Å²) in [4.78, 5) is 24.9.